The summed E-state index contributed by atoms with van der Waals surface area (Å²) in [5.41, 5.74) is 7.15. The SMILES string of the molecule is CNC(=S)N/N=C(\C)c1ccc(-c2ccccc2)cc1. The molecule has 0 aromatic heterocycles. The van der Waals surface area contributed by atoms with E-state index in [1.165, 1.54) is 11.1 Å². The van der Waals surface area contributed by atoms with Gasteiger partial charge in [-0.3, -0.25) is 5.43 Å². The van der Waals surface area contributed by atoms with Gasteiger partial charge in [0.15, 0.2) is 5.11 Å². The highest BCUT2D eigenvalue weighted by Crippen LogP contribution is 2.19. The van der Waals surface area contributed by atoms with Crippen molar-refractivity contribution in [2.24, 2.45) is 5.10 Å². The lowest BCUT2D eigenvalue weighted by Gasteiger charge is -2.06. The summed E-state index contributed by atoms with van der Waals surface area (Å²) in [5.74, 6) is 0. The van der Waals surface area contributed by atoms with Crippen molar-refractivity contribution in [3.63, 3.8) is 0 Å². The van der Waals surface area contributed by atoms with Crippen LogP contribution in [0.5, 0.6) is 0 Å². The molecular weight excluding hydrogens is 266 g/mol. The molecule has 0 radical (unpaired) electrons. The van der Waals surface area contributed by atoms with Crippen molar-refractivity contribution in [3.8, 4) is 11.1 Å². The van der Waals surface area contributed by atoms with Gasteiger partial charge in [0, 0.05) is 7.05 Å². The van der Waals surface area contributed by atoms with Gasteiger partial charge in [0.2, 0.25) is 0 Å². The molecule has 0 aliphatic rings. The fraction of sp³-hybridized carbons (Fsp3) is 0.125. The summed E-state index contributed by atoms with van der Waals surface area (Å²) in [7, 11) is 1.76. The molecule has 4 heteroatoms. The number of nitrogens with zero attached hydrogens (tertiary/aromatic N) is 1. The third-order valence-electron chi connectivity index (χ3n) is 2.96. The molecule has 3 nitrogen and oxygen atoms in total. The summed E-state index contributed by atoms with van der Waals surface area (Å²) >= 11 is 4.98. The van der Waals surface area contributed by atoms with Crippen LogP contribution in [0.25, 0.3) is 11.1 Å². The Morgan fingerprint density at radius 2 is 1.55 bits per heavy atom. The minimum atomic E-state index is 0.505. The smallest absolute Gasteiger partial charge is 0.186 e. The molecule has 0 atom stereocenters. The molecule has 0 fully saturated rings. The van der Waals surface area contributed by atoms with Gasteiger partial charge < -0.3 is 5.32 Å². The van der Waals surface area contributed by atoms with Gasteiger partial charge >= 0.3 is 0 Å². The zero-order chi connectivity index (χ0) is 14.4. The van der Waals surface area contributed by atoms with Crippen LogP contribution < -0.4 is 10.7 Å². The molecule has 102 valence electrons. The zero-order valence-electron chi connectivity index (χ0n) is 11.6. The van der Waals surface area contributed by atoms with E-state index in [0.29, 0.717) is 5.11 Å². The third-order valence-corrected chi connectivity index (χ3v) is 3.26. The zero-order valence-corrected chi connectivity index (χ0v) is 12.4. The van der Waals surface area contributed by atoms with Crippen molar-refractivity contribution in [2.75, 3.05) is 7.05 Å². The first kappa shape index (κ1) is 14.2. The van der Waals surface area contributed by atoms with E-state index in [2.05, 4.69) is 52.2 Å². The standard InChI is InChI=1S/C16H17N3S/c1-12(18-19-16(20)17-2)13-8-10-15(11-9-13)14-6-4-3-5-7-14/h3-11H,1-2H3,(H2,17,19,20)/b18-12+. The number of benzene rings is 2. The average Bonchev–Trinajstić information content (AvgIpc) is 2.53. The summed E-state index contributed by atoms with van der Waals surface area (Å²) in [6.07, 6.45) is 0. The topological polar surface area (TPSA) is 36.4 Å². The van der Waals surface area contributed by atoms with E-state index < -0.39 is 0 Å². The Bertz CT molecular complexity index is 603. The summed E-state index contributed by atoms with van der Waals surface area (Å²) in [4.78, 5) is 0. The predicted molar refractivity (Wildman–Crippen MR) is 88.9 cm³/mol. The Hall–Kier alpha value is -2.20. The second kappa shape index (κ2) is 6.82. The highest BCUT2D eigenvalue weighted by atomic mass is 32.1. The molecule has 2 aromatic rings. The average molecular weight is 283 g/mol. The number of thiocarbonyl (C=S) groups is 1. The number of hydrogen-bond acceptors (Lipinski definition) is 2. The van der Waals surface area contributed by atoms with Gasteiger partial charge in [0.05, 0.1) is 5.71 Å². The van der Waals surface area contributed by atoms with Crippen molar-refractivity contribution < 1.29 is 0 Å². The largest absolute Gasteiger partial charge is 0.364 e. The van der Waals surface area contributed by atoms with Gasteiger partial charge in [-0.1, -0.05) is 54.6 Å². The van der Waals surface area contributed by atoms with Gasteiger partial charge in [-0.25, -0.2) is 0 Å². The maximum atomic E-state index is 4.98. The summed E-state index contributed by atoms with van der Waals surface area (Å²) < 4.78 is 0. The van der Waals surface area contributed by atoms with Crippen LogP contribution in [-0.2, 0) is 0 Å². The summed E-state index contributed by atoms with van der Waals surface area (Å²) in [5, 5.41) is 7.55. The third kappa shape index (κ3) is 3.65. The van der Waals surface area contributed by atoms with Crippen LogP contribution >= 0.6 is 12.2 Å². The molecule has 2 rings (SSSR count). The molecule has 0 unspecified atom stereocenters. The Kier molecular flexibility index (Phi) is 4.85. The molecule has 0 spiro atoms. The highest BCUT2D eigenvalue weighted by Gasteiger charge is 2.00. The Morgan fingerprint density at radius 1 is 0.950 bits per heavy atom. The van der Waals surface area contributed by atoms with Crippen LogP contribution in [0.3, 0.4) is 0 Å². The Balaban J connectivity index is 2.14. The predicted octanol–water partition coefficient (Wildman–Crippen LogP) is 3.17. The molecule has 0 saturated heterocycles. The van der Waals surface area contributed by atoms with Crippen molar-refractivity contribution in [1.29, 1.82) is 0 Å². The van der Waals surface area contributed by atoms with E-state index in [1.54, 1.807) is 7.05 Å². The molecular formula is C16H17N3S. The van der Waals surface area contributed by atoms with E-state index in [-0.39, 0.29) is 0 Å². The number of hydrogen-bond donors (Lipinski definition) is 2. The van der Waals surface area contributed by atoms with Crippen LogP contribution in [0.15, 0.2) is 59.7 Å². The van der Waals surface area contributed by atoms with Crippen LogP contribution in [0.2, 0.25) is 0 Å². The monoisotopic (exact) mass is 283 g/mol. The second-order valence-corrected chi connectivity index (χ2v) is 4.74. The minimum absolute atomic E-state index is 0.505. The van der Waals surface area contributed by atoms with E-state index >= 15 is 0 Å². The minimum Gasteiger partial charge on any atom is -0.364 e. The normalized spacial score (nSPS) is 11.0. The van der Waals surface area contributed by atoms with Crippen LogP contribution in [0, 0.1) is 0 Å². The van der Waals surface area contributed by atoms with E-state index in [9.17, 15) is 0 Å². The fourth-order valence-corrected chi connectivity index (χ4v) is 1.84. The highest BCUT2D eigenvalue weighted by molar-refractivity contribution is 7.80. The van der Waals surface area contributed by atoms with Crippen molar-refractivity contribution in [3.05, 3.63) is 60.2 Å². The van der Waals surface area contributed by atoms with Crippen molar-refractivity contribution in [2.45, 2.75) is 6.92 Å². The quantitative estimate of drug-likeness (QED) is 0.516. The van der Waals surface area contributed by atoms with Crippen molar-refractivity contribution >= 4 is 23.0 Å². The molecule has 0 saturated carbocycles. The van der Waals surface area contributed by atoms with Gasteiger partial charge in [-0.2, -0.15) is 5.10 Å². The molecule has 0 aliphatic carbocycles. The summed E-state index contributed by atoms with van der Waals surface area (Å²) in [6.45, 7) is 1.95. The number of hydrazone groups is 1. The van der Waals surface area contributed by atoms with E-state index in [0.717, 1.165) is 11.3 Å². The molecule has 20 heavy (non-hydrogen) atoms. The first-order valence-corrected chi connectivity index (χ1v) is 6.79. The lowest BCUT2D eigenvalue weighted by molar-refractivity contribution is 0.974. The number of nitrogens with one attached hydrogen (secondary N) is 2. The molecule has 2 aromatic carbocycles. The lowest BCUT2D eigenvalue weighted by atomic mass is 10.0. The maximum Gasteiger partial charge on any atom is 0.186 e. The van der Waals surface area contributed by atoms with E-state index in [4.69, 9.17) is 12.2 Å². The Labute approximate surface area is 124 Å². The van der Waals surface area contributed by atoms with Gasteiger partial charge in [-0.05, 0) is 35.8 Å². The molecule has 0 amide bonds. The van der Waals surface area contributed by atoms with E-state index in [1.807, 2.05) is 25.1 Å². The first-order valence-electron chi connectivity index (χ1n) is 6.38. The first-order chi connectivity index (χ1) is 9.70. The maximum absolute atomic E-state index is 4.98. The molecule has 0 heterocycles. The molecule has 2 N–H and O–H groups in total. The second-order valence-electron chi connectivity index (χ2n) is 4.33. The van der Waals surface area contributed by atoms with Crippen LogP contribution in [0.4, 0.5) is 0 Å². The van der Waals surface area contributed by atoms with Crippen LogP contribution in [0.1, 0.15) is 12.5 Å². The van der Waals surface area contributed by atoms with Crippen LogP contribution in [-0.4, -0.2) is 17.9 Å². The Morgan fingerprint density at radius 3 is 2.15 bits per heavy atom. The fourth-order valence-electron chi connectivity index (χ4n) is 1.79. The van der Waals surface area contributed by atoms with Gasteiger partial charge in [-0.15, -0.1) is 0 Å². The number of rotatable bonds is 3. The lowest BCUT2D eigenvalue weighted by Crippen LogP contribution is -2.29. The summed E-state index contributed by atoms with van der Waals surface area (Å²) in [6, 6.07) is 18.6. The molecule has 0 bridgehead atoms. The van der Waals surface area contributed by atoms with Crippen molar-refractivity contribution in [1.82, 2.24) is 10.7 Å². The van der Waals surface area contributed by atoms with Gasteiger partial charge in [0.25, 0.3) is 0 Å². The van der Waals surface area contributed by atoms with Gasteiger partial charge in [0.1, 0.15) is 0 Å². The molecule has 0 aliphatic heterocycles.